The van der Waals surface area contributed by atoms with E-state index < -0.39 is 0 Å². The molecule has 3 fully saturated rings. The van der Waals surface area contributed by atoms with Gasteiger partial charge in [-0.05, 0) is 68.9 Å². The lowest BCUT2D eigenvalue weighted by Crippen LogP contribution is -2.64. The number of aromatic hydroxyl groups is 1. The fraction of sp³-hybridized carbons (Fsp3) is 0.682. The number of anilines is 1. The van der Waals surface area contributed by atoms with E-state index in [1.807, 2.05) is 0 Å². The Morgan fingerprint density at radius 2 is 2.22 bits per heavy atom. The molecule has 2 aliphatic heterocycles. The summed E-state index contributed by atoms with van der Waals surface area (Å²) in [7, 11) is 0. The molecule has 1 aromatic rings. The second-order valence-electron chi connectivity index (χ2n) is 9.45. The number of phenols is 1. The molecule has 2 saturated carbocycles. The predicted molar refractivity (Wildman–Crippen MR) is 102 cm³/mol. The lowest BCUT2D eigenvalue weighted by molar-refractivity contribution is -0.114. The van der Waals surface area contributed by atoms with Crippen molar-refractivity contribution >= 4 is 11.6 Å². The average molecular weight is 368 g/mol. The number of phenolic OH excluding ortho intramolecular Hbond substituents is 1. The van der Waals surface area contributed by atoms with Crippen molar-refractivity contribution < 1.29 is 14.6 Å². The average Bonchev–Trinajstić information content (AvgIpc) is 3.38. The van der Waals surface area contributed by atoms with Crippen molar-refractivity contribution in [3.8, 4) is 11.5 Å². The van der Waals surface area contributed by atoms with Crippen molar-refractivity contribution in [3.63, 3.8) is 0 Å². The summed E-state index contributed by atoms with van der Waals surface area (Å²) in [5.41, 5.74) is 3.30. The highest BCUT2D eigenvalue weighted by Gasteiger charge is 2.64. The van der Waals surface area contributed by atoms with Crippen LogP contribution in [0, 0.1) is 11.8 Å². The molecule has 1 amide bonds. The van der Waals surface area contributed by atoms with E-state index in [2.05, 4.69) is 10.2 Å². The molecule has 4 atom stereocenters. The minimum absolute atomic E-state index is 0.0395. The first-order chi connectivity index (χ1) is 13.1. The van der Waals surface area contributed by atoms with Gasteiger partial charge in [0.15, 0.2) is 11.5 Å². The van der Waals surface area contributed by atoms with Crippen LogP contribution in [0.1, 0.15) is 56.6 Å². The number of carbonyl (C=O) groups excluding carboxylic acids is 1. The molecule has 5 heteroatoms. The van der Waals surface area contributed by atoms with Crippen LogP contribution < -0.4 is 10.1 Å². The Morgan fingerprint density at radius 3 is 3.00 bits per heavy atom. The lowest BCUT2D eigenvalue weighted by atomic mass is 9.51. The van der Waals surface area contributed by atoms with Gasteiger partial charge in [0.05, 0.1) is 0 Å². The van der Waals surface area contributed by atoms with Crippen LogP contribution >= 0.6 is 0 Å². The summed E-state index contributed by atoms with van der Waals surface area (Å²) in [4.78, 5) is 14.6. The molecule has 2 N–H and O–H groups in total. The molecule has 27 heavy (non-hydrogen) atoms. The highest BCUT2D eigenvalue weighted by molar-refractivity contribution is 5.91. The molecule has 5 nitrogen and oxygen atoms in total. The van der Waals surface area contributed by atoms with Crippen LogP contribution in [0.2, 0.25) is 0 Å². The number of likely N-dealkylation sites (tertiary alicyclic amines) is 1. The fourth-order valence-electron chi connectivity index (χ4n) is 6.84. The second kappa shape index (κ2) is 5.40. The van der Waals surface area contributed by atoms with Crippen molar-refractivity contribution in [2.75, 3.05) is 18.4 Å². The molecular formula is C22H28N2O3. The zero-order valence-electron chi connectivity index (χ0n) is 16.0. The van der Waals surface area contributed by atoms with Gasteiger partial charge in [-0.2, -0.15) is 0 Å². The van der Waals surface area contributed by atoms with Crippen LogP contribution in [0.15, 0.2) is 6.07 Å². The summed E-state index contributed by atoms with van der Waals surface area (Å²) >= 11 is 0. The molecule has 1 spiro atoms. The third-order valence-corrected chi connectivity index (χ3v) is 7.97. The molecule has 6 rings (SSSR count). The minimum Gasteiger partial charge on any atom is -0.504 e. The van der Waals surface area contributed by atoms with Gasteiger partial charge >= 0.3 is 0 Å². The van der Waals surface area contributed by atoms with Gasteiger partial charge in [-0.3, -0.25) is 9.69 Å². The van der Waals surface area contributed by atoms with Crippen molar-refractivity contribution in [1.82, 2.24) is 4.90 Å². The van der Waals surface area contributed by atoms with Gasteiger partial charge in [0.1, 0.15) is 6.10 Å². The monoisotopic (exact) mass is 368 g/mol. The van der Waals surface area contributed by atoms with E-state index in [4.69, 9.17) is 4.74 Å². The molecule has 1 saturated heterocycles. The van der Waals surface area contributed by atoms with Crippen molar-refractivity contribution in [2.45, 2.75) is 69.4 Å². The Labute approximate surface area is 160 Å². The molecule has 2 heterocycles. The lowest BCUT2D eigenvalue weighted by Gasteiger charge is -2.58. The van der Waals surface area contributed by atoms with E-state index in [9.17, 15) is 9.90 Å². The number of hydrogen-bond donors (Lipinski definition) is 2. The van der Waals surface area contributed by atoms with E-state index >= 15 is 0 Å². The second-order valence-corrected chi connectivity index (χ2v) is 9.45. The van der Waals surface area contributed by atoms with E-state index in [1.54, 1.807) is 13.0 Å². The molecular weight excluding hydrogens is 340 g/mol. The van der Waals surface area contributed by atoms with Crippen molar-refractivity contribution in [3.05, 3.63) is 17.2 Å². The van der Waals surface area contributed by atoms with Gasteiger partial charge in [0.25, 0.3) is 0 Å². The van der Waals surface area contributed by atoms with Crippen LogP contribution in [-0.4, -0.2) is 41.1 Å². The van der Waals surface area contributed by atoms with Gasteiger partial charge < -0.3 is 15.2 Å². The Hall–Kier alpha value is -1.75. The van der Waals surface area contributed by atoms with Crippen molar-refractivity contribution in [1.29, 1.82) is 0 Å². The van der Waals surface area contributed by atoms with E-state index in [1.165, 1.54) is 43.4 Å². The standard InChI is InChI=1S/C22H28N2O3/c1-12(25)23-16-10-18(26)21-20-14(16)9-17-15-3-2-4-19(27-21)22(15,20)7-8-24(17)11-13-5-6-13/h10,13,15,17,19,26H,2-9,11H2,1H3,(H,23,25)/t15-,17+,19-,22+/m0/s1. The molecule has 5 aliphatic rings. The number of rotatable bonds is 3. The summed E-state index contributed by atoms with van der Waals surface area (Å²) in [5, 5.41) is 13.7. The van der Waals surface area contributed by atoms with Crippen molar-refractivity contribution in [2.24, 2.45) is 11.8 Å². The Morgan fingerprint density at radius 1 is 1.37 bits per heavy atom. The van der Waals surface area contributed by atoms with Gasteiger partial charge in [-0.15, -0.1) is 0 Å². The highest BCUT2D eigenvalue weighted by Crippen LogP contribution is 2.65. The molecule has 0 aromatic heterocycles. The first kappa shape index (κ1) is 16.2. The van der Waals surface area contributed by atoms with E-state index in [-0.39, 0.29) is 23.2 Å². The van der Waals surface area contributed by atoms with Crippen LogP contribution in [-0.2, 0) is 16.6 Å². The molecule has 2 bridgehead atoms. The van der Waals surface area contributed by atoms with Gasteiger partial charge in [-0.1, -0.05) is 0 Å². The molecule has 1 aromatic carbocycles. The van der Waals surface area contributed by atoms with Crippen LogP contribution in [0.25, 0.3) is 0 Å². The Bertz CT molecular complexity index is 833. The Kier molecular flexibility index (Phi) is 3.25. The van der Waals surface area contributed by atoms with Gasteiger partial charge in [-0.25, -0.2) is 0 Å². The number of nitrogens with zero attached hydrogens (tertiary/aromatic N) is 1. The summed E-state index contributed by atoms with van der Waals surface area (Å²) in [6, 6.07) is 2.26. The summed E-state index contributed by atoms with van der Waals surface area (Å²) < 4.78 is 6.42. The number of carbonyl (C=O) groups is 1. The zero-order valence-corrected chi connectivity index (χ0v) is 16.0. The number of benzene rings is 1. The molecule has 3 aliphatic carbocycles. The van der Waals surface area contributed by atoms with E-state index in [0.29, 0.717) is 17.7 Å². The van der Waals surface area contributed by atoms with Crippen LogP contribution in [0.5, 0.6) is 11.5 Å². The number of hydrogen-bond acceptors (Lipinski definition) is 4. The maximum Gasteiger partial charge on any atom is 0.221 e. The predicted octanol–water partition coefficient (Wildman–Crippen LogP) is 3.19. The summed E-state index contributed by atoms with van der Waals surface area (Å²) in [5.74, 6) is 2.34. The maximum absolute atomic E-state index is 11.8. The summed E-state index contributed by atoms with van der Waals surface area (Å²) in [6.07, 6.45) is 8.60. The molecule has 0 radical (unpaired) electrons. The minimum atomic E-state index is -0.0793. The van der Waals surface area contributed by atoms with Crippen LogP contribution in [0.4, 0.5) is 5.69 Å². The first-order valence-corrected chi connectivity index (χ1v) is 10.7. The normalized spacial score (nSPS) is 36.1. The zero-order chi connectivity index (χ0) is 18.3. The quantitative estimate of drug-likeness (QED) is 0.860. The first-order valence-electron chi connectivity index (χ1n) is 10.7. The molecule has 0 unspecified atom stereocenters. The summed E-state index contributed by atoms with van der Waals surface area (Å²) in [6.45, 7) is 3.92. The van der Waals surface area contributed by atoms with Crippen LogP contribution in [0.3, 0.4) is 0 Å². The largest absolute Gasteiger partial charge is 0.504 e. The SMILES string of the molecule is CC(=O)Nc1cc(O)c2c3c1C[C@@H]1[C@@H]4CCC[C@H](O2)[C@]34CCN1CC1CC1. The Balaban J connectivity index is 1.53. The van der Waals surface area contributed by atoms with Gasteiger partial charge in [0, 0.05) is 42.2 Å². The topological polar surface area (TPSA) is 61.8 Å². The third-order valence-electron chi connectivity index (χ3n) is 7.97. The fourth-order valence-corrected chi connectivity index (χ4v) is 6.84. The number of amides is 1. The van der Waals surface area contributed by atoms with Gasteiger partial charge in [0.2, 0.25) is 5.91 Å². The number of piperidine rings is 1. The number of nitrogens with one attached hydrogen (secondary N) is 1. The smallest absolute Gasteiger partial charge is 0.221 e. The number of ether oxygens (including phenoxy) is 1. The highest BCUT2D eigenvalue weighted by atomic mass is 16.5. The third kappa shape index (κ3) is 2.12. The molecule has 144 valence electrons. The maximum atomic E-state index is 11.8. The van der Waals surface area contributed by atoms with E-state index in [0.717, 1.165) is 37.4 Å².